The van der Waals surface area contributed by atoms with Crippen molar-refractivity contribution in [2.45, 2.75) is 224 Å². The molecule has 486 valence electrons. The molecule has 12 nitrogen and oxygen atoms in total. The Kier molecular flexibility index (Phi) is 29.6. The van der Waals surface area contributed by atoms with E-state index in [1.54, 1.807) is 31.0 Å². The second-order valence-electron chi connectivity index (χ2n) is 28.4. The molecule has 2 aliphatic rings. The van der Waals surface area contributed by atoms with Gasteiger partial charge in [-0.25, -0.2) is 0 Å². The summed E-state index contributed by atoms with van der Waals surface area (Å²) in [6.45, 7) is 43.8. The van der Waals surface area contributed by atoms with E-state index in [1.165, 1.54) is 36.8 Å². The SMILES string of the molecule is C(=NC1CC1)c1ccccn1.CC(=NC(C)(C)CC(C)(C)C)c1ccccn1.CC(C)(C)C(C)(C)N=Cc1ccccn1.CC1(N=Cc2ccccn2)CC1.CCC(CC)(CC)C(C)(C)N=Cc1ccccn1.Cc1ccc(C(C)(C)N=Cc2ccccn2)cc1. The quantitative estimate of drug-likeness (QED) is 0.0780. The molecule has 0 bridgehead atoms. The van der Waals surface area contributed by atoms with Gasteiger partial charge in [-0.2, -0.15) is 0 Å². The summed E-state index contributed by atoms with van der Waals surface area (Å²) in [5.74, 6) is 0. The van der Waals surface area contributed by atoms with Crippen LogP contribution in [0.3, 0.4) is 0 Å². The van der Waals surface area contributed by atoms with Crippen molar-refractivity contribution in [3.8, 4) is 0 Å². The van der Waals surface area contributed by atoms with Crippen molar-refractivity contribution in [3.05, 3.63) is 216 Å². The molecular formula is C79H110N12. The Morgan fingerprint density at radius 1 is 0.473 bits per heavy atom. The third-order valence-electron chi connectivity index (χ3n) is 16.8. The molecule has 0 spiro atoms. The topological polar surface area (TPSA) is 152 Å². The molecule has 6 heterocycles. The van der Waals surface area contributed by atoms with Crippen LogP contribution < -0.4 is 0 Å². The summed E-state index contributed by atoms with van der Waals surface area (Å²) in [4.78, 5) is 53.0. The lowest BCUT2D eigenvalue weighted by Crippen LogP contribution is -2.41. The van der Waals surface area contributed by atoms with Crippen LogP contribution in [0.15, 0.2) is 201 Å². The number of nitrogens with zero attached hydrogens (tertiary/aromatic N) is 12. The summed E-state index contributed by atoms with van der Waals surface area (Å²) >= 11 is 0. The average molecular weight is 1230 g/mol. The third kappa shape index (κ3) is 28.9. The maximum atomic E-state index is 4.82. The molecule has 91 heavy (non-hydrogen) atoms. The van der Waals surface area contributed by atoms with E-state index in [2.05, 4.69) is 206 Å². The zero-order chi connectivity index (χ0) is 67.3. The van der Waals surface area contributed by atoms with Crippen LogP contribution in [0.5, 0.6) is 0 Å². The molecule has 7 aromatic rings. The highest BCUT2D eigenvalue weighted by Crippen LogP contribution is 2.44. The number of aromatic nitrogens is 6. The summed E-state index contributed by atoms with van der Waals surface area (Å²) in [5.41, 5.74) is 9.64. The van der Waals surface area contributed by atoms with Gasteiger partial charge in [0.25, 0.3) is 0 Å². The molecule has 0 amide bonds. The van der Waals surface area contributed by atoms with Crippen molar-refractivity contribution in [1.29, 1.82) is 0 Å². The van der Waals surface area contributed by atoms with Crippen LogP contribution in [-0.4, -0.2) is 94.9 Å². The molecule has 0 N–H and O–H groups in total. The molecule has 0 unspecified atom stereocenters. The molecule has 9 rings (SSSR count). The number of hydrogen-bond acceptors (Lipinski definition) is 12. The van der Waals surface area contributed by atoms with Gasteiger partial charge in [0.2, 0.25) is 0 Å². The average Bonchev–Trinajstić information content (AvgIpc) is 1.86. The van der Waals surface area contributed by atoms with Crippen molar-refractivity contribution in [2.24, 2.45) is 46.2 Å². The lowest BCUT2D eigenvalue weighted by Gasteiger charge is -2.43. The first kappa shape index (κ1) is 75.6. The fraction of sp³-hybridized carbons (Fsp3) is 0.468. The summed E-state index contributed by atoms with van der Waals surface area (Å²) in [6.07, 6.45) is 29.6. The largest absolute Gasteiger partial charge is 0.288 e. The van der Waals surface area contributed by atoms with E-state index in [1.807, 2.05) is 153 Å². The normalized spacial score (nSPS) is 14.5. The Labute approximate surface area is 549 Å². The second kappa shape index (κ2) is 35.7. The molecule has 2 fully saturated rings. The fourth-order valence-electron chi connectivity index (χ4n) is 9.72. The third-order valence-corrected chi connectivity index (χ3v) is 16.8. The maximum Gasteiger partial charge on any atom is 0.0837 e. The molecule has 0 saturated heterocycles. The predicted molar refractivity (Wildman–Crippen MR) is 390 cm³/mol. The van der Waals surface area contributed by atoms with Gasteiger partial charge >= 0.3 is 0 Å². The van der Waals surface area contributed by atoms with E-state index in [9.17, 15) is 0 Å². The van der Waals surface area contributed by atoms with Gasteiger partial charge in [0, 0.05) is 68.3 Å². The van der Waals surface area contributed by atoms with E-state index in [0.717, 1.165) is 65.6 Å². The molecule has 0 atom stereocenters. The lowest BCUT2D eigenvalue weighted by molar-refractivity contribution is 0.130. The number of aryl methyl sites for hydroxylation is 1. The Morgan fingerprint density at radius 3 is 1.21 bits per heavy atom. The number of rotatable bonds is 18. The van der Waals surface area contributed by atoms with Crippen LogP contribution >= 0.6 is 0 Å². The van der Waals surface area contributed by atoms with Gasteiger partial charge in [-0.15, -0.1) is 0 Å². The van der Waals surface area contributed by atoms with Crippen LogP contribution in [0.4, 0.5) is 0 Å². The first-order chi connectivity index (χ1) is 42.8. The Bertz CT molecular complexity index is 3300. The highest BCUT2D eigenvalue weighted by atomic mass is 14.9. The van der Waals surface area contributed by atoms with Gasteiger partial charge in [0.15, 0.2) is 0 Å². The van der Waals surface area contributed by atoms with Gasteiger partial charge in [-0.3, -0.25) is 59.9 Å². The van der Waals surface area contributed by atoms with Crippen molar-refractivity contribution >= 4 is 36.8 Å². The first-order valence-electron chi connectivity index (χ1n) is 32.7. The predicted octanol–water partition coefficient (Wildman–Crippen LogP) is 19.4. The molecule has 1 aromatic carbocycles. The van der Waals surface area contributed by atoms with Gasteiger partial charge in [0.05, 0.1) is 73.6 Å². The smallest absolute Gasteiger partial charge is 0.0837 e. The van der Waals surface area contributed by atoms with Crippen LogP contribution in [0.2, 0.25) is 0 Å². The van der Waals surface area contributed by atoms with Crippen molar-refractivity contribution in [1.82, 2.24) is 29.9 Å². The molecule has 6 aromatic heterocycles. The maximum absolute atomic E-state index is 4.82. The molecular weight excluding hydrogens is 1120 g/mol. The summed E-state index contributed by atoms with van der Waals surface area (Å²) in [5, 5.41) is 0. The highest BCUT2D eigenvalue weighted by molar-refractivity contribution is 5.97. The standard InChI is InChI=1S/C16H18N2.C16H26N2.C15H24N2.C13H20N2.C10H12N2.C9H10N2/c1-13-7-9-14(10-8-13)16(2,3)18-12-15-6-4-5-11-17-15;1-6-16(7-2,8-3)15(4,5)18-13-14-11-9-10-12-17-14;1-12(13-9-7-8-10-16-13)17-15(5,6)11-14(2,3)4;1-12(2,3)13(4,5)15-10-11-8-6-7-9-14-11;1-10(5-6-10)12-8-9-4-2-3-7-11-9;1-2-6-10-9(3-1)7-11-8-4-5-8/h4-12H,1-3H3;9-13H,6-8H2,1-5H3;7-10H,11H2,1-6H3;6-10H,1-5H3;2-4,7-8H,5-6H2,1H3;1-3,6-8H,4-5H2. The summed E-state index contributed by atoms with van der Waals surface area (Å²) in [6, 6.07) is 44.3. The lowest BCUT2D eigenvalue weighted by atomic mass is 9.66. The van der Waals surface area contributed by atoms with E-state index in [4.69, 9.17) is 9.98 Å². The van der Waals surface area contributed by atoms with Crippen LogP contribution in [0, 0.1) is 23.2 Å². The van der Waals surface area contributed by atoms with Gasteiger partial charge in [-0.05, 0) is 222 Å². The number of hydrogen-bond donors (Lipinski definition) is 0. The van der Waals surface area contributed by atoms with Crippen molar-refractivity contribution in [2.75, 3.05) is 0 Å². The zero-order valence-electron chi connectivity index (χ0n) is 59.2. The molecule has 12 heteroatoms. The van der Waals surface area contributed by atoms with Crippen LogP contribution in [0.25, 0.3) is 0 Å². The zero-order valence-corrected chi connectivity index (χ0v) is 59.2. The Morgan fingerprint density at radius 2 is 0.857 bits per heavy atom. The minimum atomic E-state index is -0.231. The van der Waals surface area contributed by atoms with Crippen molar-refractivity contribution in [3.63, 3.8) is 0 Å². The van der Waals surface area contributed by atoms with Gasteiger partial charge < -0.3 is 0 Å². The van der Waals surface area contributed by atoms with E-state index in [-0.39, 0.29) is 43.9 Å². The first-order valence-corrected chi connectivity index (χ1v) is 32.7. The Balaban J connectivity index is 0.000000235. The monoisotopic (exact) mass is 1230 g/mol. The highest BCUT2D eigenvalue weighted by Gasteiger charge is 2.40. The number of benzene rings is 1. The van der Waals surface area contributed by atoms with Gasteiger partial charge in [0.1, 0.15) is 0 Å². The summed E-state index contributed by atoms with van der Waals surface area (Å²) < 4.78 is 0. The number of aliphatic imine (C=N–C) groups is 6. The molecule has 2 saturated carbocycles. The minimum Gasteiger partial charge on any atom is -0.288 e. The number of pyridine rings is 6. The van der Waals surface area contributed by atoms with Crippen LogP contribution in [0.1, 0.15) is 228 Å². The van der Waals surface area contributed by atoms with Crippen molar-refractivity contribution < 1.29 is 0 Å². The summed E-state index contributed by atoms with van der Waals surface area (Å²) in [7, 11) is 0. The van der Waals surface area contributed by atoms with Gasteiger partial charge in [-0.1, -0.05) is 129 Å². The minimum absolute atomic E-state index is 0.0418. The van der Waals surface area contributed by atoms with E-state index >= 15 is 0 Å². The Hall–Kier alpha value is -7.86. The molecule has 2 aliphatic carbocycles. The fourth-order valence-corrected chi connectivity index (χ4v) is 9.72. The molecule has 0 radical (unpaired) electrons. The molecule has 0 aliphatic heterocycles. The van der Waals surface area contributed by atoms with E-state index < -0.39 is 0 Å². The second-order valence-corrected chi connectivity index (χ2v) is 28.4. The van der Waals surface area contributed by atoms with Crippen LogP contribution in [-0.2, 0) is 5.54 Å². The van der Waals surface area contributed by atoms with E-state index in [0.29, 0.717) is 6.04 Å².